The molecule has 8 nitrogen and oxygen atoms in total. The fraction of sp³-hybridized carbons (Fsp3) is 0.316. The number of pyridine rings is 2. The predicted octanol–water partition coefficient (Wildman–Crippen LogP) is 3.16. The lowest BCUT2D eigenvalue weighted by Crippen LogP contribution is -2.53. The Balaban J connectivity index is 1.50. The maximum absolute atomic E-state index is 12.8. The molecule has 0 saturated carbocycles. The van der Waals surface area contributed by atoms with Gasteiger partial charge in [-0.2, -0.15) is 5.10 Å². The number of rotatable bonds is 3. The van der Waals surface area contributed by atoms with Crippen LogP contribution in [0.5, 0.6) is 0 Å². The van der Waals surface area contributed by atoms with Crippen molar-refractivity contribution in [1.82, 2.24) is 30.4 Å². The van der Waals surface area contributed by atoms with Gasteiger partial charge >= 0.3 is 0 Å². The molecule has 10 heteroatoms. The van der Waals surface area contributed by atoms with Crippen molar-refractivity contribution >= 4 is 54.6 Å². The van der Waals surface area contributed by atoms with E-state index < -0.39 is 0 Å². The van der Waals surface area contributed by atoms with Gasteiger partial charge in [-0.1, -0.05) is 6.92 Å². The minimum atomic E-state index is -0.260. The molecule has 0 aromatic carbocycles. The van der Waals surface area contributed by atoms with Gasteiger partial charge in [-0.05, 0) is 56.3 Å². The molecule has 3 aromatic heterocycles. The van der Waals surface area contributed by atoms with Crippen LogP contribution in [0.4, 0.5) is 0 Å². The zero-order valence-electron chi connectivity index (χ0n) is 15.5. The van der Waals surface area contributed by atoms with Crippen molar-refractivity contribution < 1.29 is 9.59 Å². The fourth-order valence-electron chi connectivity index (χ4n) is 3.40. The van der Waals surface area contributed by atoms with Gasteiger partial charge in [0, 0.05) is 36.9 Å². The largest absolute Gasteiger partial charge is 0.346 e. The van der Waals surface area contributed by atoms with Crippen LogP contribution < -0.4 is 5.32 Å². The zero-order valence-corrected chi connectivity index (χ0v) is 18.7. The predicted molar refractivity (Wildman–Crippen MR) is 114 cm³/mol. The molecule has 1 aliphatic heterocycles. The number of nitrogens with one attached hydrogen (secondary N) is 2. The number of aromatic nitrogens is 4. The quantitative estimate of drug-likeness (QED) is 0.551. The third kappa shape index (κ3) is 4.04. The van der Waals surface area contributed by atoms with E-state index in [1.807, 2.05) is 6.07 Å². The molecule has 0 aliphatic carbocycles. The summed E-state index contributed by atoms with van der Waals surface area (Å²) in [5.74, 6) is -0.158. The molecule has 0 bridgehead atoms. The Morgan fingerprint density at radius 1 is 1.21 bits per heavy atom. The lowest BCUT2D eigenvalue weighted by molar-refractivity contribution is 0.0618. The third-order valence-corrected chi connectivity index (χ3v) is 6.34. The number of likely N-dealkylation sites (tertiary alicyclic amines) is 1. The topological polar surface area (TPSA) is 104 Å². The molecule has 1 aliphatic rings. The summed E-state index contributed by atoms with van der Waals surface area (Å²) in [6, 6.07) is 3.34. The number of fused-ring (bicyclic) bond motifs is 1. The van der Waals surface area contributed by atoms with E-state index in [0.29, 0.717) is 34.5 Å². The highest BCUT2D eigenvalue weighted by Gasteiger charge is 2.32. The highest BCUT2D eigenvalue weighted by molar-refractivity contribution is 9.11. The second-order valence-corrected chi connectivity index (χ2v) is 8.79. The lowest BCUT2D eigenvalue weighted by Gasteiger charge is -2.37. The van der Waals surface area contributed by atoms with Crippen molar-refractivity contribution in [2.75, 3.05) is 13.1 Å². The molecule has 0 spiro atoms. The summed E-state index contributed by atoms with van der Waals surface area (Å²) in [5, 5.41) is 10.5. The van der Waals surface area contributed by atoms with Crippen molar-refractivity contribution in [2.45, 2.75) is 19.4 Å². The lowest BCUT2D eigenvalue weighted by atomic mass is 9.93. The average molecular weight is 522 g/mol. The molecule has 4 rings (SSSR count). The Bertz CT molecular complexity index is 1090. The fourth-order valence-corrected chi connectivity index (χ4v) is 4.20. The van der Waals surface area contributed by atoms with Crippen LogP contribution in [-0.2, 0) is 0 Å². The minimum Gasteiger partial charge on any atom is -0.346 e. The molecular weight excluding hydrogens is 504 g/mol. The first-order chi connectivity index (χ1) is 13.9. The molecular formula is C19H18Br2N6O2. The van der Waals surface area contributed by atoms with Crippen LogP contribution in [0.1, 0.15) is 34.3 Å². The number of carbonyl (C=O) groups is 2. The summed E-state index contributed by atoms with van der Waals surface area (Å²) in [7, 11) is 0. The average Bonchev–Trinajstić information content (AvgIpc) is 3.15. The first-order valence-electron chi connectivity index (χ1n) is 9.13. The van der Waals surface area contributed by atoms with Gasteiger partial charge in [0.1, 0.15) is 11.4 Å². The maximum atomic E-state index is 12.8. The van der Waals surface area contributed by atoms with Crippen LogP contribution in [0, 0.1) is 5.92 Å². The number of piperidine rings is 1. The summed E-state index contributed by atoms with van der Waals surface area (Å²) < 4.78 is 1.36. The minimum absolute atomic E-state index is 0.138. The van der Waals surface area contributed by atoms with Crippen molar-refractivity contribution in [3.8, 4) is 0 Å². The smallest absolute Gasteiger partial charge is 0.273 e. The Morgan fingerprint density at radius 2 is 2.03 bits per heavy atom. The summed E-state index contributed by atoms with van der Waals surface area (Å²) in [6.45, 7) is 3.14. The Kier molecular flexibility index (Phi) is 5.64. The van der Waals surface area contributed by atoms with E-state index in [4.69, 9.17) is 0 Å². The summed E-state index contributed by atoms with van der Waals surface area (Å²) >= 11 is 6.75. The summed E-state index contributed by atoms with van der Waals surface area (Å²) in [4.78, 5) is 35.9. The van der Waals surface area contributed by atoms with Crippen molar-refractivity contribution in [2.24, 2.45) is 5.92 Å². The number of hydrogen-bond donors (Lipinski definition) is 2. The van der Waals surface area contributed by atoms with Gasteiger partial charge in [0.2, 0.25) is 0 Å². The molecule has 150 valence electrons. The highest BCUT2D eigenvalue weighted by Crippen LogP contribution is 2.23. The third-order valence-electron chi connectivity index (χ3n) is 5.16. The van der Waals surface area contributed by atoms with E-state index in [-0.39, 0.29) is 23.8 Å². The molecule has 0 radical (unpaired) electrons. The molecule has 2 unspecified atom stereocenters. The number of nitrogens with zero attached hydrogens (tertiary/aromatic N) is 4. The number of aromatic amines is 1. The van der Waals surface area contributed by atoms with Crippen LogP contribution in [0.3, 0.4) is 0 Å². The SMILES string of the molecule is CC1CCN(C(=O)c2[nH]ncc2Br)CC1NC(=O)c1ccc2cncc(Br)c2n1. The van der Waals surface area contributed by atoms with E-state index in [2.05, 4.69) is 64.3 Å². The van der Waals surface area contributed by atoms with E-state index in [1.165, 1.54) is 0 Å². The molecule has 2 atom stereocenters. The molecule has 4 heterocycles. The van der Waals surface area contributed by atoms with Gasteiger partial charge < -0.3 is 10.2 Å². The number of H-pyrrole nitrogens is 1. The second-order valence-electron chi connectivity index (χ2n) is 7.08. The highest BCUT2D eigenvalue weighted by atomic mass is 79.9. The second kappa shape index (κ2) is 8.19. The van der Waals surface area contributed by atoms with Crippen LogP contribution in [0.25, 0.3) is 10.9 Å². The molecule has 1 saturated heterocycles. The molecule has 1 fully saturated rings. The van der Waals surface area contributed by atoms with Gasteiger partial charge in [0.05, 0.1) is 20.7 Å². The number of carbonyl (C=O) groups excluding carboxylic acids is 2. The Hall–Kier alpha value is -2.33. The summed E-state index contributed by atoms with van der Waals surface area (Å²) in [5.41, 5.74) is 1.43. The van der Waals surface area contributed by atoms with Crippen LogP contribution >= 0.6 is 31.9 Å². The number of hydrogen-bond acceptors (Lipinski definition) is 5. The van der Waals surface area contributed by atoms with Gasteiger partial charge in [0.15, 0.2) is 0 Å². The van der Waals surface area contributed by atoms with Gasteiger partial charge in [-0.25, -0.2) is 4.98 Å². The van der Waals surface area contributed by atoms with E-state index in [0.717, 1.165) is 16.3 Å². The molecule has 2 amide bonds. The van der Waals surface area contributed by atoms with E-state index >= 15 is 0 Å². The molecule has 2 N–H and O–H groups in total. The van der Waals surface area contributed by atoms with Crippen molar-refractivity contribution in [3.63, 3.8) is 0 Å². The van der Waals surface area contributed by atoms with Gasteiger partial charge in [-0.15, -0.1) is 0 Å². The van der Waals surface area contributed by atoms with Crippen LogP contribution in [0.15, 0.2) is 39.7 Å². The number of amides is 2. The van der Waals surface area contributed by atoms with E-state index in [1.54, 1.807) is 29.6 Å². The normalized spacial score (nSPS) is 19.3. The van der Waals surface area contributed by atoms with Crippen molar-refractivity contribution in [1.29, 1.82) is 0 Å². The van der Waals surface area contributed by atoms with Crippen LogP contribution in [0.2, 0.25) is 0 Å². The first-order valence-corrected chi connectivity index (χ1v) is 10.7. The van der Waals surface area contributed by atoms with Gasteiger partial charge in [0.25, 0.3) is 11.8 Å². The first kappa shape index (κ1) is 20.0. The van der Waals surface area contributed by atoms with E-state index in [9.17, 15) is 9.59 Å². The van der Waals surface area contributed by atoms with Crippen LogP contribution in [-0.4, -0.2) is 56.0 Å². The zero-order chi connectivity index (χ0) is 20.5. The standard InChI is InChI=1S/C19H18Br2N6O2/c1-10-4-5-27(19(29)17-13(21)8-23-26-17)9-15(10)25-18(28)14-3-2-11-6-22-7-12(20)16(11)24-14/h2-3,6-8,10,15H,4-5,9H2,1H3,(H,23,26)(H,25,28). The number of halogens is 2. The Morgan fingerprint density at radius 3 is 2.79 bits per heavy atom. The monoisotopic (exact) mass is 520 g/mol. The van der Waals surface area contributed by atoms with Crippen molar-refractivity contribution in [3.05, 3.63) is 51.1 Å². The molecule has 29 heavy (non-hydrogen) atoms. The Labute approximate surface area is 183 Å². The maximum Gasteiger partial charge on any atom is 0.273 e. The summed E-state index contributed by atoms with van der Waals surface area (Å²) in [6.07, 6.45) is 5.70. The van der Waals surface area contributed by atoms with Gasteiger partial charge in [-0.3, -0.25) is 19.7 Å². The molecule has 3 aromatic rings.